The lowest BCUT2D eigenvalue weighted by molar-refractivity contribution is 0.107. The van der Waals surface area contributed by atoms with Crippen LogP contribution < -0.4 is 0 Å². The maximum absolute atomic E-state index is 14.3. The number of fused-ring (bicyclic) bond motifs is 1. The van der Waals surface area contributed by atoms with Gasteiger partial charge in [-0.25, -0.2) is 9.37 Å². The summed E-state index contributed by atoms with van der Waals surface area (Å²) in [6.45, 7) is 1.22. The highest BCUT2D eigenvalue weighted by molar-refractivity contribution is 6.36. The van der Waals surface area contributed by atoms with Crippen LogP contribution in [0.2, 0.25) is 10.0 Å². The van der Waals surface area contributed by atoms with E-state index in [1.165, 1.54) is 12.1 Å². The SMILES string of the molecule is Cc1c(-c2cnc3[nH]cc(C(CF)c4c(Cl)ccc(F)c4Cl)c3c2)cnn1[C@H]1CC[C@H](O)CC1. The number of aliphatic hydroxyl groups excluding tert-OH is 1. The van der Waals surface area contributed by atoms with Crippen LogP contribution in [0, 0.1) is 12.7 Å². The van der Waals surface area contributed by atoms with Gasteiger partial charge in [0, 0.05) is 51.1 Å². The van der Waals surface area contributed by atoms with Crippen molar-refractivity contribution in [3.63, 3.8) is 0 Å². The molecule has 0 aliphatic heterocycles. The van der Waals surface area contributed by atoms with E-state index in [0.717, 1.165) is 42.5 Å². The van der Waals surface area contributed by atoms with E-state index in [9.17, 15) is 13.9 Å². The molecule has 3 aromatic heterocycles. The van der Waals surface area contributed by atoms with Crippen molar-refractivity contribution in [2.45, 2.75) is 50.7 Å². The molecular formula is C25H24Cl2F2N4O. The number of aliphatic hydroxyl groups is 1. The van der Waals surface area contributed by atoms with Gasteiger partial charge in [0.05, 0.1) is 23.4 Å². The third-order valence-corrected chi connectivity index (χ3v) is 7.60. The van der Waals surface area contributed by atoms with Crippen molar-refractivity contribution in [1.29, 1.82) is 0 Å². The first kappa shape index (κ1) is 23.3. The molecule has 0 amide bonds. The maximum Gasteiger partial charge on any atom is 0.142 e. The molecule has 1 aromatic carbocycles. The summed E-state index contributed by atoms with van der Waals surface area (Å²) in [6, 6.07) is 4.76. The Morgan fingerprint density at radius 3 is 2.71 bits per heavy atom. The smallest absolute Gasteiger partial charge is 0.142 e. The fourth-order valence-corrected chi connectivity index (χ4v) is 5.65. The number of alkyl halides is 1. The molecule has 3 heterocycles. The van der Waals surface area contributed by atoms with Crippen LogP contribution in [0.4, 0.5) is 8.78 Å². The Hall–Kier alpha value is -2.48. The Morgan fingerprint density at radius 1 is 1.21 bits per heavy atom. The van der Waals surface area contributed by atoms with Gasteiger partial charge in [0.1, 0.15) is 18.1 Å². The number of pyridine rings is 1. The van der Waals surface area contributed by atoms with Crippen molar-refractivity contribution in [3.05, 3.63) is 69.5 Å². The second-order valence-corrected chi connectivity index (χ2v) is 9.66. The molecule has 9 heteroatoms. The fraction of sp³-hybridized carbons (Fsp3) is 0.360. The maximum atomic E-state index is 14.3. The van der Waals surface area contributed by atoms with E-state index in [2.05, 4.69) is 15.1 Å². The van der Waals surface area contributed by atoms with Crippen LogP contribution in [0.5, 0.6) is 0 Å². The highest BCUT2D eigenvalue weighted by atomic mass is 35.5. The lowest BCUT2D eigenvalue weighted by atomic mass is 9.91. The molecule has 0 radical (unpaired) electrons. The van der Waals surface area contributed by atoms with Crippen LogP contribution >= 0.6 is 23.2 Å². The van der Waals surface area contributed by atoms with E-state index in [1.54, 1.807) is 12.4 Å². The summed E-state index contributed by atoms with van der Waals surface area (Å²) in [5.41, 5.74) is 4.21. The second-order valence-electron chi connectivity index (χ2n) is 8.88. The van der Waals surface area contributed by atoms with Gasteiger partial charge in [-0.1, -0.05) is 23.2 Å². The Kier molecular flexibility index (Phi) is 6.35. The lowest BCUT2D eigenvalue weighted by Gasteiger charge is -2.26. The van der Waals surface area contributed by atoms with Crippen molar-refractivity contribution in [2.75, 3.05) is 6.67 Å². The van der Waals surface area contributed by atoms with E-state index in [-0.39, 0.29) is 27.8 Å². The first-order chi connectivity index (χ1) is 16.4. The number of aromatic amines is 1. The lowest BCUT2D eigenvalue weighted by Crippen LogP contribution is -2.22. The first-order valence-corrected chi connectivity index (χ1v) is 12.0. The van der Waals surface area contributed by atoms with Crippen LogP contribution in [0.1, 0.15) is 54.5 Å². The van der Waals surface area contributed by atoms with Crippen molar-refractivity contribution in [1.82, 2.24) is 19.7 Å². The summed E-state index contributed by atoms with van der Waals surface area (Å²) in [7, 11) is 0. The molecule has 1 aliphatic rings. The van der Waals surface area contributed by atoms with Crippen molar-refractivity contribution in [2.24, 2.45) is 0 Å². The Bertz CT molecular complexity index is 1340. The minimum Gasteiger partial charge on any atom is -0.393 e. The van der Waals surface area contributed by atoms with Gasteiger partial charge in [-0.15, -0.1) is 0 Å². The third-order valence-electron chi connectivity index (χ3n) is 6.89. The van der Waals surface area contributed by atoms with Gasteiger partial charge in [-0.3, -0.25) is 9.07 Å². The molecule has 1 fully saturated rings. The molecule has 1 aliphatic carbocycles. The molecule has 1 atom stereocenters. The van der Waals surface area contributed by atoms with E-state index in [1.807, 2.05) is 23.9 Å². The summed E-state index contributed by atoms with van der Waals surface area (Å²) < 4.78 is 30.5. The minimum atomic E-state index is -0.848. The van der Waals surface area contributed by atoms with Gasteiger partial charge in [0.15, 0.2) is 0 Å². The predicted octanol–water partition coefficient (Wildman–Crippen LogP) is 6.76. The van der Waals surface area contributed by atoms with E-state index in [4.69, 9.17) is 23.2 Å². The molecule has 0 saturated heterocycles. The van der Waals surface area contributed by atoms with Crippen LogP contribution in [0.15, 0.2) is 36.8 Å². The van der Waals surface area contributed by atoms with Crippen LogP contribution in [-0.2, 0) is 0 Å². The highest BCUT2D eigenvalue weighted by Gasteiger charge is 2.26. The number of hydrogen-bond donors (Lipinski definition) is 2. The molecule has 0 spiro atoms. The number of benzene rings is 1. The Morgan fingerprint density at radius 2 is 1.97 bits per heavy atom. The van der Waals surface area contributed by atoms with Gasteiger partial charge in [-0.2, -0.15) is 5.10 Å². The van der Waals surface area contributed by atoms with Crippen LogP contribution in [0.25, 0.3) is 22.2 Å². The summed E-state index contributed by atoms with van der Waals surface area (Å²) >= 11 is 12.5. The molecule has 0 bridgehead atoms. The van der Waals surface area contributed by atoms with Crippen molar-refractivity contribution >= 4 is 34.2 Å². The molecule has 4 aromatic rings. The Balaban J connectivity index is 1.55. The zero-order valence-corrected chi connectivity index (χ0v) is 20.0. The quantitative estimate of drug-likeness (QED) is 0.295. The molecule has 1 saturated carbocycles. The number of nitrogens with zero attached hydrogens (tertiary/aromatic N) is 3. The molecule has 5 rings (SSSR count). The molecule has 178 valence electrons. The summed E-state index contributed by atoms with van der Waals surface area (Å²) in [5.74, 6) is -1.49. The molecule has 1 unspecified atom stereocenters. The zero-order valence-electron chi connectivity index (χ0n) is 18.5. The van der Waals surface area contributed by atoms with E-state index in [0.29, 0.717) is 16.6 Å². The van der Waals surface area contributed by atoms with Gasteiger partial charge in [0.25, 0.3) is 0 Å². The molecule has 2 N–H and O–H groups in total. The fourth-order valence-electron chi connectivity index (χ4n) is 5.01. The predicted molar refractivity (Wildman–Crippen MR) is 130 cm³/mol. The number of rotatable bonds is 5. The molecule has 5 nitrogen and oxygen atoms in total. The van der Waals surface area contributed by atoms with E-state index < -0.39 is 18.4 Å². The summed E-state index contributed by atoms with van der Waals surface area (Å²) in [4.78, 5) is 7.61. The Labute approximate surface area is 205 Å². The topological polar surface area (TPSA) is 66.7 Å². The number of aromatic nitrogens is 4. The second kappa shape index (κ2) is 9.29. The summed E-state index contributed by atoms with van der Waals surface area (Å²) in [6.07, 6.45) is 8.34. The average Bonchev–Trinajstić information content (AvgIpc) is 3.43. The number of halogens is 4. The third kappa shape index (κ3) is 4.00. The first-order valence-electron chi connectivity index (χ1n) is 11.3. The highest BCUT2D eigenvalue weighted by Crippen LogP contribution is 2.40. The number of nitrogens with one attached hydrogen (secondary N) is 1. The van der Waals surface area contributed by atoms with Gasteiger partial charge in [-0.05, 0) is 56.4 Å². The van der Waals surface area contributed by atoms with Crippen molar-refractivity contribution in [3.8, 4) is 11.1 Å². The number of H-pyrrole nitrogens is 1. The van der Waals surface area contributed by atoms with Crippen LogP contribution in [-0.4, -0.2) is 37.6 Å². The molecular weight excluding hydrogens is 481 g/mol. The largest absolute Gasteiger partial charge is 0.393 e. The minimum absolute atomic E-state index is 0.177. The van der Waals surface area contributed by atoms with Crippen molar-refractivity contribution < 1.29 is 13.9 Å². The zero-order chi connectivity index (χ0) is 24.0. The van der Waals surface area contributed by atoms with Gasteiger partial charge in [0.2, 0.25) is 0 Å². The summed E-state index contributed by atoms with van der Waals surface area (Å²) in [5, 5.41) is 15.2. The normalized spacial score (nSPS) is 19.6. The van der Waals surface area contributed by atoms with Crippen LogP contribution in [0.3, 0.4) is 0 Å². The average molecular weight is 505 g/mol. The van der Waals surface area contributed by atoms with Gasteiger partial charge >= 0.3 is 0 Å². The standard InChI is InChI=1S/C25H24Cl2F2N4O/c1-13-19(12-32-33(13)15-2-4-16(34)5-3-15)14-8-17-20(11-31-25(17)30-10-14)18(9-28)23-21(26)6-7-22(29)24(23)27/h6-8,10-12,15-16,18,34H,2-5,9H2,1H3,(H,30,31)/t15-,16-,18?. The monoisotopic (exact) mass is 504 g/mol. The number of hydrogen-bond acceptors (Lipinski definition) is 3. The molecule has 34 heavy (non-hydrogen) atoms. The van der Waals surface area contributed by atoms with E-state index >= 15 is 0 Å². The van der Waals surface area contributed by atoms with Gasteiger partial charge < -0.3 is 10.1 Å².